The van der Waals surface area contributed by atoms with Gasteiger partial charge in [-0.05, 0) is 167 Å². The van der Waals surface area contributed by atoms with Crippen LogP contribution in [0.1, 0.15) is 213 Å². The molecule has 0 aliphatic carbocycles. The van der Waals surface area contributed by atoms with Gasteiger partial charge in [-0.3, -0.25) is 38.4 Å². The van der Waals surface area contributed by atoms with Crippen molar-refractivity contribution in [3.8, 4) is 0 Å². The molecule has 0 aromatic heterocycles. The third-order valence-electron chi connectivity index (χ3n) is 16.9. The maximum atomic E-state index is 14.7. The van der Waals surface area contributed by atoms with E-state index in [0.29, 0.717) is 0 Å². The van der Waals surface area contributed by atoms with E-state index < -0.39 is 161 Å². The Kier molecular flexibility index (Phi) is 27.7. The van der Waals surface area contributed by atoms with Crippen LogP contribution in [0, 0.1) is 78.8 Å². The molecule has 0 aliphatic rings. The second-order valence-corrected chi connectivity index (χ2v) is 29.8. The van der Waals surface area contributed by atoms with Crippen LogP contribution < -0.4 is 0 Å². The van der Waals surface area contributed by atoms with Crippen molar-refractivity contribution in [1.29, 1.82) is 0 Å². The van der Waals surface area contributed by atoms with Crippen LogP contribution in [0.15, 0.2) is 0 Å². The Hall–Kier alpha value is -4.28. The number of carbonyl (C=O) groups excluding carboxylic acids is 8. The highest BCUT2D eigenvalue weighted by atomic mass is 16.6. The lowest BCUT2D eigenvalue weighted by Gasteiger charge is -2.39. The molecule has 0 saturated carbocycles. The first-order valence-electron chi connectivity index (χ1n) is 28.8. The minimum absolute atomic E-state index is 0.00206. The first-order valence-corrected chi connectivity index (χ1v) is 28.8. The fourth-order valence-electron chi connectivity index (χ4n) is 6.67. The molecule has 1 atom stereocenters. The van der Waals surface area contributed by atoms with Gasteiger partial charge in [0, 0.05) is 6.42 Å². The molecule has 0 spiro atoms. The van der Waals surface area contributed by atoms with Gasteiger partial charge >= 0.3 is 47.8 Å². The van der Waals surface area contributed by atoms with Gasteiger partial charge in [-0.25, -0.2) is 0 Å². The third kappa shape index (κ3) is 23.2. The highest BCUT2D eigenvalue weighted by Crippen LogP contribution is 2.38. The molecule has 0 bridgehead atoms. The molecule has 0 N–H and O–H groups in total. The Labute approximate surface area is 483 Å². The van der Waals surface area contributed by atoms with Crippen LogP contribution in [-0.4, -0.2) is 112 Å². The normalized spacial score (nSPS) is 14.0. The Morgan fingerprint density at radius 2 is 0.562 bits per heavy atom. The molecule has 0 aromatic rings. The van der Waals surface area contributed by atoms with E-state index in [4.69, 9.17) is 42.6 Å². The standard InChI is InChI=1S/C63H112O17/c1-40(2)57(19,20)49(67)74-35-62(36-75-50(68)58(21,22)41(3)4,34-73-48(66)56(17,18)31-45(47(65)80-55(14,15)16)29-30-46(64)79-54(11,12)13)32-72-33-63(37-76-51(69)59(23,24)42(5)6,38-77-52(70)60(25,26)43(7)8)39-78-53(71)61(27,28)44(9)10/h40-45H,29-39H2,1-28H3. The Bertz CT molecular complexity index is 1950. The van der Waals surface area contributed by atoms with Crippen molar-refractivity contribution in [1.82, 2.24) is 0 Å². The van der Waals surface area contributed by atoms with E-state index in [1.54, 1.807) is 125 Å². The van der Waals surface area contributed by atoms with Gasteiger partial charge in [0.15, 0.2) is 0 Å². The Morgan fingerprint density at radius 3 is 0.787 bits per heavy atom. The van der Waals surface area contributed by atoms with Crippen molar-refractivity contribution in [3.05, 3.63) is 0 Å². The number of hydrogen-bond acceptors (Lipinski definition) is 17. The van der Waals surface area contributed by atoms with Gasteiger partial charge in [-0.1, -0.05) is 69.2 Å². The fraction of sp³-hybridized carbons (Fsp3) is 0.873. The molecule has 1 unspecified atom stereocenters. The minimum atomic E-state index is -1.67. The lowest BCUT2D eigenvalue weighted by atomic mass is 9.80. The average molecular weight is 1140 g/mol. The molecule has 0 rings (SSSR count). The van der Waals surface area contributed by atoms with E-state index in [-0.39, 0.29) is 48.9 Å². The molecule has 466 valence electrons. The monoisotopic (exact) mass is 1140 g/mol. The van der Waals surface area contributed by atoms with Gasteiger partial charge in [-0.15, -0.1) is 0 Å². The maximum Gasteiger partial charge on any atom is 0.311 e. The number of carbonyl (C=O) groups is 8. The topological polar surface area (TPSA) is 220 Å². The van der Waals surface area contributed by atoms with Crippen molar-refractivity contribution in [2.75, 3.05) is 52.9 Å². The second kappa shape index (κ2) is 29.3. The zero-order valence-corrected chi connectivity index (χ0v) is 55.2. The van der Waals surface area contributed by atoms with Gasteiger partial charge in [0.05, 0.1) is 62.5 Å². The molecule has 17 heteroatoms. The van der Waals surface area contributed by atoms with Crippen LogP contribution in [0.5, 0.6) is 0 Å². The summed E-state index contributed by atoms with van der Waals surface area (Å²) in [6, 6.07) is 0. The van der Waals surface area contributed by atoms with Crippen molar-refractivity contribution < 1.29 is 81.0 Å². The van der Waals surface area contributed by atoms with E-state index in [1.165, 1.54) is 0 Å². The predicted molar refractivity (Wildman–Crippen MR) is 307 cm³/mol. The number of hydrogen-bond donors (Lipinski definition) is 0. The second-order valence-electron chi connectivity index (χ2n) is 29.8. The molecule has 0 amide bonds. The summed E-state index contributed by atoms with van der Waals surface area (Å²) in [5.41, 5.74) is -11.3. The third-order valence-corrected chi connectivity index (χ3v) is 16.9. The number of ether oxygens (including phenoxy) is 9. The maximum absolute atomic E-state index is 14.7. The number of rotatable bonds is 33. The van der Waals surface area contributed by atoms with Crippen LogP contribution in [0.2, 0.25) is 0 Å². The summed E-state index contributed by atoms with van der Waals surface area (Å²) < 4.78 is 54.8. The van der Waals surface area contributed by atoms with Crippen molar-refractivity contribution in [3.63, 3.8) is 0 Å². The first kappa shape index (κ1) is 75.7. The van der Waals surface area contributed by atoms with E-state index in [9.17, 15) is 38.4 Å². The molecular formula is C63H112O17. The summed E-state index contributed by atoms with van der Waals surface area (Å²) in [6.07, 6.45) is -0.250. The highest BCUT2D eigenvalue weighted by Gasteiger charge is 2.47. The molecular weight excluding hydrogens is 1030 g/mol. The fourth-order valence-corrected chi connectivity index (χ4v) is 6.67. The zero-order chi connectivity index (χ0) is 63.2. The molecule has 0 fully saturated rings. The lowest BCUT2D eigenvalue weighted by molar-refractivity contribution is -0.187. The molecule has 0 heterocycles. The molecule has 17 nitrogen and oxygen atoms in total. The molecule has 0 aliphatic heterocycles. The van der Waals surface area contributed by atoms with Gasteiger partial charge < -0.3 is 42.6 Å². The smallest absolute Gasteiger partial charge is 0.311 e. The van der Waals surface area contributed by atoms with Gasteiger partial charge in [-0.2, -0.15) is 0 Å². The lowest BCUT2D eigenvalue weighted by Crippen LogP contribution is -2.50. The quantitative estimate of drug-likeness (QED) is 0.0440. The van der Waals surface area contributed by atoms with E-state index in [1.807, 2.05) is 69.2 Å². The summed E-state index contributed by atoms with van der Waals surface area (Å²) in [5.74, 6) is -6.65. The predicted octanol–water partition coefficient (Wildman–Crippen LogP) is 12.1. The summed E-state index contributed by atoms with van der Waals surface area (Å²) in [7, 11) is 0. The Morgan fingerprint density at radius 1 is 0.325 bits per heavy atom. The van der Waals surface area contributed by atoms with Crippen LogP contribution in [0.3, 0.4) is 0 Å². The van der Waals surface area contributed by atoms with Gasteiger partial charge in [0.1, 0.15) is 50.8 Å². The molecule has 0 aromatic carbocycles. The SMILES string of the molecule is CC(C)C(C)(C)C(=O)OCC(COCC(COC(=O)C(C)(C)C(C)C)(COC(=O)C(C)(C)C(C)C)COC(=O)C(C)(C)C(C)C)(COC(=O)C(C)(C)CC(CCC(=O)OC(C)(C)C)C(=O)OC(C)(C)C)COC(=O)C(C)(C)C(C)C. The van der Waals surface area contributed by atoms with E-state index in [2.05, 4.69) is 0 Å². The van der Waals surface area contributed by atoms with Crippen molar-refractivity contribution in [2.45, 2.75) is 224 Å². The Balaban J connectivity index is 8.20. The van der Waals surface area contributed by atoms with Crippen LogP contribution in [-0.2, 0) is 81.0 Å². The summed E-state index contributed by atoms with van der Waals surface area (Å²) >= 11 is 0. The molecule has 0 saturated heterocycles. The number of esters is 8. The summed E-state index contributed by atoms with van der Waals surface area (Å²) in [4.78, 5) is 111. The van der Waals surface area contributed by atoms with Gasteiger partial charge in [0.25, 0.3) is 0 Å². The van der Waals surface area contributed by atoms with Crippen LogP contribution in [0.4, 0.5) is 0 Å². The zero-order valence-electron chi connectivity index (χ0n) is 55.2. The summed E-state index contributed by atoms with van der Waals surface area (Å²) in [5, 5.41) is 0. The minimum Gasteiger partial charge on any atom is -0.464 e. The molecule has 80 heavy (non-hydrogen) atoms. The summed E-state index contributed by atoms with van der Waals surface area (Å²) in [6.45, 7) is 45.9. The van der Waals surface area contributed by atoms with Crippen LogP contribution >= 0.6 is 0 Å². The van der Waals surface area contributed by atoms with Crippen molar-refractivity contribution in [2.24, 2.45) is 78.8 Å². The van der Waals surface area contributed by atoms with E-state index >= 15 is 0 Å². The first-order chi connectivity index (χ1) is 35.8. The molecule has 0 radical (unpaired) electrons. The highest BCUT2D eigenvalue weighted by molar-refractivity contribution is 5.80. The largest absolute Gasteiger partial charge is 0.464 e. The van der Waals surface area contributed by atoms with Gasteiger partial charge in [0.2, 0.25) is 0 Å². The van der Waals surface area contributed by atoms with Crippen LogP contribution in [0.25, 0.3) is 0 Å². The average Bonchev–Trinajstić information content (AvgIpc) is 3.30. The van der Waals surface area contributed by atoms with Crippen molar-refractivity contribution >= 4 is 47.8 Å². The van der Waals surface area contributed by atoms with E-state index in [0.717, 1.165) is 0 Å².